The third kappa shape index (κ3) is 2.09. The van der Waals surface area contributed by atoms with E-state index in [-0.39, 0.29) is 4.90 Å². The van der Waals surface area contributed by atoms with Crippen LogP contribution in [-0.4, -0.2) is 20.5 Å². The molecular formula is C10H9O3S. The van der Waals surface area contributed by atoms with Gasteiger partial charge in [0.05, 0.1) is 4.90 Å². The highest BCUT2D eigenvalue weighted by Gasteiger charge is 2.16. The van der Waals surface area contributed by atoms with Gasteiger partial charge < -0.3 is 0 Å². The van der Waals surface area contributed by atoms with Crippen LogP contribution in [0.5, 0.6) is 0 Å². The molecule has 1 rings (SSSR count). The van der Waals surface area contributed by atoms with E-state index >= 15 is 0 Å². The zero-order valence-corrected chi connectivity index (χ0v) is 8.25. The van der Waals surface area contributed by atoms with Crippen molar-refractivity contribution in [3.63, 3.8) is 0 Å². The highest BCUT2D eigenvalue weighted by atomic mass is 32.2. The molecule has 0 aliphatic heterocycles. The molecule has 1 aromatic carbocycles. The lowest BCUT2D eigenvalue weighted by Crippen LogP contribution is -2.08. The third-order valence-corrected chi connectivity index (χ3v) is 3.26. The summed E-state index contributed by atoms with van der Waals surface area (Å²) in [5.41, 5.74) is 0.503. The second-order valence-corrected chi connectivity index (χ2v) is 4.60. The lowest BCUT2D eigenvalue weighted by molar-refractivity contribution is 0.557. The lowest BCUT2D eigenvalue weighted by Gasteiger charge is -2.03. The van der Waals surface area contributed by atoms with Crippen molar-refractivity contribution < 1.29 is 13.2 Å². The van der Waals surface area contributed by atoms with Crippen molar-refractivity contribution in [2.24, 2.45) is 0 Å². The van der Waals surface area contributed by atoms with Crippen LogP contribution in [0, 0.1) is 0 Å². The summed E-state index contributed by atoms with van der Waals surface area (Å²) in [4.78, 5) is 10.2. The standard InChI is InChI=1S/C10H9O3S/c1-2-9-5-3-4-6-10(9)14(12,13)8-7-11/h2-6H,1,8H2. The van der Waals surface area contributed by atoms with Crippen LogP contribution in [0.1, 0.15) is 5.56 Å². The van der Waals surface area contributed by atoms with E-state index in [1.165, 1.54) is 18.4 Å². The molecular weight excluding hydrogens is 200 g/mol. The van der Waals surface area contributed by atoms with Crippen LogP contribution >= 0.6 is 0 Å². The van der Waals surface area contributed by atoms with E-state index in [4.69, 9.17) is 0 Å². The quantitative estimate of drug-likeness (QED) is 0.749. The normalized spacial score (nSPS) is 10.9. The first-order valence-electron chi connectivity index (χ1n) is 3.91. The van der Waals surface area contributed by atoms with Gasteiger partial charge in [-0.25, -0.2) is 8.42 Å². The average molecular weight is 209 g/mol. The average Bonchev–Trinajstić information content (AvgIpc) is 2.18. The van der Waals surface area contributed by atoms with Gasteiger partial charge in [-0.1, -0.05) is 30.9 Å². The Balaban J connectivity index is 3.31. The molecule has 0 unspecified atom stereocenters. The molecule has 0 amide bonds. The number of hydrogen-bond acceptors (Lipinski definition) is 3. The van der Waals surface area contributed by atoms with E-state index in [1.807, 2.05) is 0 Å². The Bertz CT molecular complexity index is 446. The highest BCUT2D eigenvalue weighted by Crippen LogP contribution is 2.17. The SMILES string of the molecule is C=Cc1ccccc1S(=O)(=O)C[C]=O. The molecule has 0 aromatic heterocycles. The van der Waals surface area contributed by atoms with Gasteiger partial charge in [0.15, 0.2) is 9.84 Å². The topological polar surface area (TPSA) is 51.2 Å². The molecule has 14 heavy (non-hydrogen) atoms. The summed E-state index contributed by atoms with van der Waals surface area (Å²) in [5.74, 6) is -0.613. The van der Waals surface area contributed by atoms with Crippen molar-refractivity contribution in [1.29, 1.82) is 0 Å². The van der Waals surface area contributed by atoms with Crippen LogP contribution in [0.2, 0.25) is 0 Å². The van der Waals surface area contributed by atoms with E-state index in [2.05, 4.69) is 6.58 Å². The molecule has 0 saturated carbocycles. The molecule has 4 heteroatoms. The predicted molar refractivity (Wildman–Crippen MR) is 54.3 cm³/mol. The Morgan fingerprint density at radius 1 is 1.36 bits per heavy atom. The van der Waals surface area contributed by atoms with Gasteiger partial charge in [0, 0.05) is 0 Å². The predicted octanol–water partition coefficient (Wildman–Crippen LogP) is 1.21. The number of benzene rings is 1. The maximum atomic E-state index is 11.5. The Labute approximate surface area is 83.0 Å². The van der Waals surface area contributed by atoms with Crippen LogP contribution in [0.4, 0.5) is 0 Å². The van der Waals surface area contributed by atoms with E-state index in [0.29, 0.717) is 5.56 Å². The first-order chi connectivity index (χ1) is 6.61. The van der Waals surface area contributed by atoms with Crippen molar-refractivity contribution in [3.8, 4) is 0 Å². The molecule has 0 spiro atoms. The number of carbonyl (C=O) groups excluding carboxylic acids is 1. The van der Waals surface area contributed by atoms with Crippen molar-refractivity contribution in [3.05, 3.63) is 36.4 Å². The van der Waals surface area contributed by atoms with Gasteiger partial charge in [0.1, 0.15) is 5.75 Å². The number of hydrogen-bond donors (Lipinski definition) is 0. The molecule has 0 aliphatic carbocycles. The molecule has 0 bridgehead atoms. The fraction of sp³-hybridized carbons (Fsp3) is 0.100. The van der Waals surface area contributed by atoms with Crippen molar-refractivity contribution >= 4 is 22.2 Å². The Morgan fingerprint density at radius 3 is 2.57 bits per heavy atom. The maximum absolute atomic E-state index is 11.5. The van der Waals surface area contributed by atoms with Crippen LogP contribution in [0.25, 0.3) is 6.08 Å². The van der Waals surface area contributed by atoms with Crippen molar-refractivity contribution in [1.82, 2.24) is 0 Å². The van der Waals surface area contributed by atoms with Gasteiger partial charge in [0.2, 0.25) is 6.29 Å². The minimum Gasteiger partial charge on any atom is -0.290 e. The summed E-state index contributed by atoms with van der Waals surface area (Å²) >= 11 is 0. The first-order valence-corrected chi connectivity index (χ1v) is 5.56. The summed E-state index contributed by atoms with van der Waals surface area (Å²) in [7, 11) is -3.55. The fourth-order valence-corrected chi connectivity index (χ4v) is 2.19. The molecule has 0 aliphatic rings. The third-order valence-electron chi connectivity index (χ3n) is 1.72. The number of rotatable bonds is 4. The molecule has 73 valence electrons. The molecule has 0 atom stereocenters. The summed E-state index contributed by atoms with van der Waals surface area (Å²) in [6.07, 6.45) is 2.83. The molecule has 1 radical (unpaired) electrons. The van der Waals surface area contributed by atoms with Crippen LogP contribution in [-0.2, 0) is 14.6 Å². The second kappa shape index (κ2) is 4.19. The molecule has 0 N–H and O–H groups in total. The minimum absolute atomic E-state index is 0.123. The molecule has 0 fully saturated rings. The minimum atomic E-state index is -3.55. The van der Waals surface area contributed by atoms with E-state index in [9.17, 15) is 13.2 Å². The van der Waals surface area contributed by atoms with Crippen LogP contribution in [0.15, 0.2) is 35.7 Å². The van der Waals surface area contributed by atoms with Gasteiger partial charge >= 0.3 is 0 Å². The Hall–Kier alpha value is -1.42. The molecule has 3 nitrogen and oxygen atoms in total. The first kappa shape index (κ1) is 10.7. The van der Waals surface area contributed by atoms with Gasteiger partial charge in [-0.15, -0.1) is 0 Å². The summed E-state index contributed by atoms with van der Waals surface area (Å²) < 4.78 is 23.0. The molecule has 0 heterocycles. The zero-order valence-electron chi connectivity index (χ0n) is 7.43. The van der Waals surface area contributed by atoms with E-state index in [0.717, 1.165) is 0 Å². The summed E-state index contributed by atoms with van der Waals surface area (Å²) in [5, 5.41) is 0. The smallest absolute Gasteiger partial charge is 0.214 e. The maximum Gasteiger partial charge on any atom is 0.214 e. The largest absolute Gasteiger partial charge is 0.290 e. The van der Waals surface area contributed by atoms with Gasteiger partial charge in [0.25, 0.3) is 0 Å². The van der Waals surface area contributed by atoms with E-state index < -0.39 is 15.6 Å². The monoisotopic (exact) mass is 209 g/mol. The Morgan fingerprint density at radius 2 is 2.00 bits per heavy atom. The highest BCUT2D eigenvalue weighted by molar-refractivity contribution is 7.92. The molecule has 1 aromatic rings. The molecule has 0 saturated heterocycles. The second-order valence-electron chi connectivity index (χ2n) is 2.65. The van der Waals surface area contributed by atoms with Gasteiger partial charge in [-0.05, 0) is 11.6 Å². The summed E-state index contributed by atoms with van der Waals surface area (Å²) in [6.45, 7) is 3.50. The Kier molecular flexibility index (Phi) is 3.19. The summed E-state index contributed by atoms with van der Waals surface area (Å²) in [6, 6.07) is 6.39. The number of sulfone groups is 1. The van der Waals surface area contributed by atoms with Gasteiger partial charge in [-0.2, -0.15) is 0 Å². The lowest BCUT2D eigenvalue weighted by atomic mass is 10.2. The van der Waals surface area contributed by atoms with Crippen molar-refractivity contribution in [2.75, 3.05) is 5.75 Å². The zero-order chi connectivity index (χ0) is 10.6. The fourth-order valence-electron chi connectivity index (χ4n) is 1.09. The van der Waals surface area contributed by atoms with Crippen LogP contribution < -0.4 is 0 Å². The van der Waals surface area contributed by atoms with Crippen LogP contribution in [0.3, 0.4) is 0 Å². The van der Waals surface area contributed by atoms with E-state index in [1.54, 1.807) is 18.2 Å². The van der Waals surface area contributed by atoms with Crippen molar-refractivity contribution in [2.45, 2.75) is 4.90 Å². The van der Waals surface area contributed by atoms with Gasteiger partial charge in [-0.3, -0.25) is 4.79 Å².